The van der Waals surface area contributed by atoms with Crippen LogP contribution in [0.1, 0.15) is 51.2 Å². The van der Waals surface area contributed by atoms with Gasteiger partial charge in [0.1, 0.15) is 0 Å². The number of hydrogen-bond donors (Lipinski definition) is 1. The number of aryl methyl sites for hydroxylation is 2. The van der Waals surface area contributed by atoms with Crippen molar-refractivity contribution in [2.75, 3.05) is 28.8 Å². The summed E-state index contributed by atoms with van der Waals surface area (Å²) < 4.78 is 29.1. The van der Waals surface area contributed by atoms with Gasteiger partial charge in [-0.1, -0.05) is 32.9 Å². The molecule has 0 spiro atoms. The zero-order chi connectivity index (χ0) is 23.6. The first kappa shape index (κ1) is 23.6. The minimum atomic E-state index is -3.70. The summed E-state index contributed by atoms with van der Waals surface area (Å²) in [5.41, 5.74) is 4.01. The molecule has 0 aliphatic carbocycles. The van der Waals surface area contributed by atoms with E-state index in [0.717, 1.165) is 43.5 Å². The van der Waals surface area contributed by atoms with Crippen LogP contribution in [-0.4, -0.2) is 40.0 Å². The largest absolute Gasteiger partial charge is 0.368 e. The highest BCUT2D eigenvalue weighted by Crippen LogP contribution is 2.34. The molecule has 2 heterocycles. The van der Waals surface area contributed by atoms with Crippen LogP contribution in [0.25, 0.3) is 0 Å². The van der Waals surface area contributed by atoms with Crippen LogP contribution >= 0.6 is 0 Å². The molecule has 7 heteroatoms. The Morgan fingerprint density at radius 1 is 1.15 bits per heavy atom. The van der Waals surface area contributed by atoms with Crippen molar-refractivity contribution in [1.82, 2.24) is 5.32 Å². The van der Waals surface area contributed by atoms with Crippen LogP contribution in [0.5, 0.6) is 0 Å². The number of nitrogens with one attached hydrogen (secondary N) is 1. The summed E-state index contributed by atoms with van der Waals surface area (Å²) in [4.78, 5) is 14.6. The second-order valence-corrected chi connectivity index (χ2v) is 11.4. The van der Waals surface area contributed by atoms with E-state index in [4.69, 9.17) is 0 Å². The Morgan fingerprint density at radius 3 is 2.58 bits per heavy atom. The number of fused-ring (bicyclic) bond motifs is 1. The zero-order valence-electron chi connectivity index (χ0n) is 19.9. The predicted molar refractivity (Wildman–Crippen MR) is 133 cm³/mol. The van der Waals surface area contributed by atoms with Gasteiger partial charge in [0, 0.05) is 37.8 Å². The Balaban J connectivity index is 1.67. The molecule has 1 unspecified atom stereocenters. The van der Waals surface area contributed by atoms with Gasteiger partial charge in [0.25, 0.3) is 10.0 Å². The summed E-state index contributed by atoms with van der Waals surface area (Å²) >= 11 is 0. The fourth-order valence-corrected chi connectivity index (χ4v) is 6.55. The van der Waals surface area contributed by atoms with Crippen molar-refractivity contribution in [2.24, 2.45) is 5.92 Å². The van der Waals surface area contributed by atoms with E-state index in [9.17, 15) is 13.2 Å². The van der Waals surface area contributed by atoms with E-state index in [0.29, 0.717) is 30.1 Å². The van der Waals surface area contributed by atoms with Gasteiger partial charge in [-0.05, 0) is 73.1 Å². The van der Waals surface area contributed by atoms with Gasteiger partial charge in [0.2, 0.25) is 5.91 Å². The first-order valence-electron chi connectivity index (χ1n) is 12.1. The average Bonchev–Trinajstić information content (AvgIpc) is 2.81. The number of amides is 1. The first-order chi connectivity index (χ1) is 15.8. The van der Waals surface area contributed by atoms with Crippen molar-refractivity contribution in [1.29, 1.82) is 0 Å². The van der Waals surface area contributed by atoms with Crippen LogP contribution in [0.4, 0.5) is 11.4 Å². The number of benzene rings is 2. The highest BCUT2D eigenvalue weighted by atomic mass is 32.2. The van der Waals surface area contributed by atoms with E-state index in [1.807, 2.05) is 50.2 Å². The third-order valence-electron chi connectivity index (χ3n) is 6.62. The minimum absolute atomic E-state index is 0.0935. The molecule has 1 amide bonds. The average molecular weight is 470 g/mol. The van der Waals surface area contributed by atoms with Crippen LogP contribution < -0.4 is 14.5 Å². The standard InChI is InChI=1S/C26H35N3O3S/c1-4-20-7-9-22(10-8-20)29(18-19(2)3)33(31,32)24-11-12-25-21(16-24)6-5-15-28(25)23-13-14-27-26(30)17-23/h7-12,16,19,23H,4-6,13-15,17-18H2,1-3H3,(H,27,30). The zero-order valence-corrected chi connectivity index (χ0v) is 20.7. The Hall–Kier alpha value is -2.54. The molecule has 1 N–H and O–H groups in total. The summed E-state index contributed by atoms with van der Waals surface area (Å²) in [7, 11) is -3.70. The monoisotopic (exact) mass is 469 g/mol. The maximum atomic E-state index is 13.8. The molecule has 1 atom stereocenters. The molecule has 1 saturated heterocycles. The minimum Gasteiger partial charge on any atom is -0.368 e. The van der Waals surface area contributed by atoms with E-state index in [2.05, 4.69) is 17.1 Å². The molecule has 0 radical (unpaired) electrons. The van der Waals surface area contributed by atoms with Crippen LogP contribution in [0.3, 0.4) is 0 Å². The Kier molecular flexibility index (Phi) is 6.98. The molecule has 2 aromatic carbocycles. The molecule has 4 rings (SSSR count). The number of piperidine rings is 1. The van der Waals surface area contributed by atoms with Crippen molar-refractivity contribution >= 4 is 27.3 Å². The number of carbonyl (C=O) groups excluding carboxylic acids is 1. The first-order valence-corrected chi connectivity index (χ1v) is 13.5. The van der Waals surface area contributed by atoms with Crippen LogP contribution in [0, 0.1) is 5.92 Å². The molecule has 1 fully saturated rings. The van der Waals surface area contributed by atoms with E-state index in [1.165, 1.54) is 5.56 Å². The summed E-state index contributed by atoms with van der Waals surface area (Å²) in [6.45, 7) is 8.19. The Morgan fingerprint density at radius 2 is 1.91 bits per heavy atom. The predicted octanol–water partition coefficient (Wildman–Crippen LogP) is 4.13. The summed E-state index contributed by atoms with van der Waals surface area (Å²) in [5, 5.41) is 2.90. The van der Waals surface area contributed by atoms with Gasteiger partial charge in [0.05, 0.1) is 10.6 Å². The molecular weight excluding hydrogens is 434 g/mol. The van der Waals surface area contributed by atoms with Gasteiger partial charge < -0.3 is 10.2 Å². The SMILES string of the molecule is CCc1ccc(N(CC(C)C)S(=O)(=O)c2ccc3c(c2)CCCN3C2CCNC(=O)C2)cc1. The van der Waals surface area contributed by atoms with E-state index in [-0.39, 0.29) is 17.9 Å². The van der Waals surface area contributed by atoms with Crippen LogP contribution in [0.15, 0.2) is 47.4 Å². The lowest BCUT2D eigenvalue weighted by atomic mass is 9.96. The number of nitrogens with zero attached hydrogens (tertiary/aromatic N) is 2. The number of anilines is 2. The van der Waals surface area contributed by atoms with Gasteiger partial charge in [0.15, 0.2) is 0 Å². The molecule has 2 aliphatic heterocycles. The summed E-state index contributed by atoms with van der Waals surface area (Å²) in [6.07, 6.45) is 4.14. The van der Waals surface area contributed by atoms with E-state index < -0.39 is 10.0 Å². The van der Waals surface area contributed by atoms with Crippen molar-refractivity contribution in [3.8, 4) is 0 Å². The highest BCUT2D eigenvalue weighted by molar-refractivity contribution is 7.92. The van der Waals surface area contributed by atoms with Gasteiger partial charge in [-0.3, -0.25) is 9.10 Å². The Labute approximate surface area is 198 Å². The quantitative estimate of drug-likeness (QED) is 0.662. The van der Waals surface area contributed by atoms with Crippen molar-refractivity contribution in [2.45, 2.75) is 63.8 Å². The molecular formula is C26H35N3O3S. The summed E-state index contributed by atoms with van der Waals surface area (Å²) in [5.74, 6) is 0.284. The molecule has 0 saturated carbocycles. The van der Waals surface area contributed by atoms with Gasteiger partial charge in [-0.15, -0.1) is 0 Å². The molecule has 2 aliphatic rings. The molecule has 33 heavy (non-hydrogen) atoms. The number of sulfonamides is 1. The molecule has 178 valence electrons. The fourth-order valence-electron chi connectivity index (χ4n) is 4.87. The third-order valence-corrected chi connectivity index (χ3v) is 8.41. The molecule has 6 nitrogen and oxygen atoms in total. The number of hydrogen-bond acceptors (Lipinski definition) is 4. The van der Waals surface area contributed by atoms with Crippen molar-refractivity contribution in [3.63, 3.8) is 0 Å². The van der Waals surface area contributed by atoms with Crippen LogP contribution in [0.2, 0.25) is 0 Å². The molecule has 0 bridgehead atoms. The lowest BCUT2D eigenvalue weighted by Gasteiger charge is -2.39. The smallest absolute Gasteiger partial charge is 0.264 e. The van der Waals surface area contributed by atoms with E-state index in [1.54, 1.807) is 10.4 Å². The maximum Gasteiger partial charge on any atom is 0.264 e. The second-order valence-electron chi connectivity index (χ2n) is 9.53. The maximum absolute atomic E-state index is 13.8. The van der Waals surface area contributed by atoms with Gasteiger partial charge >= 0.3 is 0 Å². The van der Waals surface area contributed by atoms with Gasteiger partial charge in [-0.2, -0.15) is 0 Å². The van der Waals surface area contributed by atoms with Crippen molar-refractivity contribution < 1.29 is 13.2 Å². The van der Waals surface area contributed by atoms with Crippen molar-refractivity contribution in [3.05, 3.63) is 53.6 Å². The highest BCUT2D eigenvalue weighted by Gasteiger charge is 2.31. The molecule has 2 aromatic rings. The lowest BCUT2D eigenvalue weighted by Crippen LogP contribution is -2.47. The Bertz CT molecular complexity index is 1100. The second kappa shape index (κ2) is 9.75. The van der Waals surface area contributed by atoms with Crippen LogP contribution in [-0.2, 0) is 27.7 Å². The lowest BCUT2D eigenvalue weighted by molar-refractivity contribution is -0.122. The topological polar surface area (TPSA) is 69.7 Å². The van der Waals surface area contributed by atoms with Gasteiger partial charge in [-0.25, -0.2) is 8.42 Å². The number of rotatable bonds is 7. The molecule has 0 aromatic heterocycles. The number of carbonyl (C=O) groups is 1. The van der Waals surface area contributed by atoms with E-state index >= 15 is 0 Å². The summed E-state index contributed by atoms with van der Waals surface area (Å²) in [6, 6.07) is 13.5. The fraction of sp³-hybridized carbons (Fsp3) is 0.500. The third kappa shape index (κ3) is 5.03. The normalized spacial score (nSPS) is 18.7.